The van der Waals surface area contributed by atoms with Gasteiger partial charge >= 0.3 is 0 Å². The minimum atomic E-state index is 0.0813. The summed E-state index contributed by atoms with van der Waals surface area (Å²) in [6, 6.07) is 25.6. The third-order valence-corrected chi connectivity index (χ3v) is 8.58. The van der Waals surface area contributed by atoms with Crippen LogP contribution in [0.25, 0.3) is 16.6 Å². The number of fused-ring (bicyclic) bond motifs is 1. The summed E-state index contributed by atoms with van der Waals surface area (Å²) < 4.78 is 1.88. The number of nitrogens with zero attached hydrogens (tertiary/aromatic N) is 3. The maximum atomic E-state index is 13.1. The highest BCUT2D eigenvalue weighted by Gasteiger charge is 2.20. The highest BCUT2D eigenvalue weighted by molar-refractivity contribution is 7.12. The summed E-state index contributed by atoms with van der Waals surface area (Å²) in [6.07, 6.45) is 4.67. The van der Waals surface area contributed by atoms with Crippen molar-refractivity contribution in [3.05, 3.63) is 112 Å². The summed E-state index contributed by atoms with van der Waals surface area (Å²) in [5.41, 5.74) is 5.61. The molecule has 3 aromatic carbocycles. The fourth-order valence-electron chi connectivity index (χ4n) is 5.46. The van der Waals surface area contributed by atoms with Crippen LogP contribution in [0.3, 0.4) is 0 Å². The van der Waals surface area contributed by atoms with Crippen LogP contribution in [0, 0.1) is 5.92 Å². The van der Waals surface area contributed by atoms with Crippen LogP contribution in [0.2, 0.25) is 0 Å². The van der Waals surface area contributed by atoms with E-state index >= 15 is 0 Å². The van der Waals surface area contributed by atoms with Gasteiger partial charge in [0.25, 0.3) is 0 Å². The minimum absolute atomic E-state index is 0.0813. The number of hydrogen-bond acceptors (Lipinski definition) is 6. The first-order chi connectivity index (χ1) is 19.6. The smallest absolute Gasteiger partial charge is 0.177 e. The predicted octanol–water partition coefficient (Wildman–Crippen LogP) is 6.15. The van der Waals surface area contributed by atoms with E-state index in [-0.39, 0.29) is 18.2 Å². The second kappa shape index (κ2) is 11.6. The number of carbonyl (C=O) groups excluding carboxylic acids is 2. The van der Waals surface area contributed by atoms with E-state index in [1.54, 1.807) is 0 Å². The van der Waals surface area contributed by atoms with Gasteiger partial charge in [-0.15, -0.1) is 11.3 Å². The fourth-order valence-corrected chi connectivity index (χ4v) is 6.12. The van der Waals surface area contributed by atoms with Crippen LogP contribution in [0.5, 0.6) is 0 Å². The van der Waals surface area contributed by atoms with Gasteiger partial charge in [-0.25, -0.2) is 4.68 Å². The van der Waals surface area contributed by atoms with Gasteiger partial charge in [0, 0.05) is 49.2 Å². The second-order valence-electron chi connectivity index (χ2n) is 10.5. The van der Waals surface area contributed by atoms with E-state index in [4.69, 9.17) is 0 Å². The van der Waals surface area contributed by atoms with Gasteiger partial charge in [0.15, 0.2) is 11.6 Å². The molecule has 2 aromatic heterocycles. The average molecular weight is 550 g/mol. The lowest BCUT2D eigenvalue weighted by molar-refractivity contribution is 0.0986. The Morgan fingerprint density at radius 1 is 0.900 bits per heavy atom. The Morgan fingerprint density at radius 3 is 2.40 bits per heavy atom. The van der Waals surface area contributed by atoms with E-state index < -0.39 is 0 Å². The van der Waals surface area contributed by atoms with Crippen molar-refractivity contribution in [1.82, 2.24) is 9.78 Å². The molecule has 7 heteroatoms. The Bertz CT molecular complexity index is 1620. The van der Waals surface area contributed by atoms with Gasteiger partial charge in [0.05, 0.1) is 22.3 Å². The van der Waals surface area contributed by atoms with Crippen molar-refractivity contribution in [2.75, 3.05) is 24.6 Å². The lowest BCUT2D eigenvalue weighted by Crippen LogP contribution is -2.36. The quantitative estimate of drug-likeness (QED) is 0.223. The maximum absolute atomic E-state index is 13.1. The van der Waals surface area contributed by atoms with E-state index in [0.29, 0.717) is 24.3 Å². The molecule has 1 N–H and O–H groups in total. The normalized spacial score (nSPS) is 15.4. The van der Waals surface area contributed by atoms with Gasteiger partial charge in [0.2, 0.25) is 0 Å². The highest BCUT2D eigenvalue weighted by Crippen LogP contribution is 2.25. The van der Waals surface area contributed by atoms with Crippen molar-refractivity contribution in [2.24, 2.45) is 5.92 Å². The second-order valence-corrected chi connectivity index (χ2v) is 11.4. The lowest BCUT2D eigenvalue weighted by atomic mass is 9.98. The molecule has 1 atom stereocenters. The zero-order valence-electron chi connectivity index (χ0n) is 22.2. The third-order valence-electron chi connectivity index (χ3n) is 7.67. The van der Waals surface area contributed by atoms with Crippen LogP contribution in [0.4, 0.5) is 5.69 Å². The number of hydrogen-bond donors (Lipinski definition) is 1. The number of benzene rings is 3. The number of rotatable bonds is 9. The zero-order chi connectivity index (χ0) is 27.5. The summed E-state index contributed by atoms with van der Waals surface area (Å²) in [5, 5.41) is 17.0. The number of aromatic nitrogens is 2. The molecule has 6 rings (SSSR count). The number of carbonyl (C=O) groups is 2. The number of anilines is 1. The maximum Gasteiger partial charge on any atom is 0.177 e. The fraction of sp³-hybridized carbons (Fsp3) is 0.242. The molecule has 0 spiro atoms. The van der Waals surface area contributed by atoms with Crippen LogP contribution in [-0.4, -0.2) is 46.1 Å². The highest BCUT2D eigenvalue weighted by atomic mass is 32.1. The molecule has 0 bridgehead atoms. The van der Waals surface area contributed by atoms with Gasteiger partial charge in [-0.2, -0.15) is 5.10 Å². The molecule has 0 amide bonds. The van der Waals surface area contributed by atoms with E-state index in [1.165, 1.54) is 11.3 Å². The number of ketones is 2. The Balaban J connectivity index is 1.11. The number of aliphatic hydroxyl groups is 1. The van der Waals surface area contributed by atoms with Gasteiger partial charge < -0.3 is 10.0 Å². The summed E-state index contributed by atoms with van der Waals surface area (Å²) in [7, 11) is 0. The third kappa shape index (κ3) is 5.62. The predicted molar refractivity (Wildman–Crippen MR) is 160 cm³/mol. The van der Waals surface area contributed by atoms with Crippen molar-refractivity contribution in [1.29, 1.82) is 0 Å². The summed E-state index contributed by atoms with van der Waals surface area (Å²) in [5.74, 6) is 0.530. The molecule has 0 radical (unpaired) electrons. The van der Waals surface area contributed by atoms with E-state index in [2.05, 4.69) is 10.00 Å². The molecule has 3 heterocycles. The molecule has 0 aliphatic carbocycles. The van der Waals surface area contributed by atoms with Gasteiger partial charge in [-0.1, -0.05) is 24.3 Å². The first-order valence-corrected chi connectivity index (χ1v) is 14.6. The van der Waals surface area contributed by atoms with Crippen molar-refractivity contribution < 1.29 is 14.7 Å². The molecule has 1 aliphatic heterocycles. The Kier molecular flexibility index (Phi) is 7.58. The van der Waals surface area contributed by atoms with E-state index in [9.17, 15) is 14.7 Å². The van der Waals surface area contributed by atoms with Crippen LogP contribution in [-0.2, 0) is 12.8 Å². The van der Waals surface area contributed by atoms with Crippen molar-refractivity contribution in [3.63, 3.8) is 0 Å². The molecule has 1 unspecified atom stereocenters. The Morgan fingerprint density at radius 2 is 1.65 bits per heavy atom. The average Bonchev–Trinajstić information content (AvgIpc) is 3.68. The minimum Gasteiger partial charge on any atom is -0.396 e. The van der Waals surface area contributed by atoms with Gasteiger partial charge in [0.1, 0.15) is 0 Å². The molecule has 1 fully saturated rings. The molecular weight excluding hydrogens is 518 g/mol. The number of thiophene rings is 1. The molecule has 40 heavy (non-hydrogen) atoms. The molecule has 1 saturated heterocycles. The number of aliphatic hydroxyl groups excluding tert-OH is 1. The first kappa shape index (κ1) is 26.2. The van der Waals surface area contributed by atoms with Crippen LogP contribution < -0.4 is 4.90 Å². The summed E-state index contributed by atoms with van der Waals surface area (Å²) in [4.78, 5) is 28.6. The van der Waals surface area contributed by atoms with E-state index in [1.807, 2.05) is 95.1 Å². The van der Waals surface area contributed by atoms with Crippen LogP contribution in [0.15, 0.2) is 90.4 Å². The lowest BCUT2D eigenvalue weighted by Gasteiger charge is -2.33. The van der Waals surface area contributed by atoms with Crippen LogP contribution >= 0.6 is 11.3 Å². The zero-order valence-corrected chi connectivity index (χ0v) is 23.0. The topological polar surface area (TPSA) is 75.4 Å². The first-order valence-electron chi connectivity index (χ1n) is 13.7. The summed E-state index contributed by atoms with van der Waals surface area (Å²) in [6.45, 7) is 2.06. The van der Waals surface area contributed by atoms with Gasteiger partial charge in [-0.3, -0.25) is 9.59 Å². The van der Waals surface area contributed by atoms with Crippen molar-refractivity contribution in [3.8, 4) is 5.69 Å². The number of piperidine rings is 1. The molecule has 0 saturated carbocycles. The largest absolute Gasteiger partial charge is 0.396 e. The Hall–Kier alpha value is -4.07. The molecular formula is C33H31N3O3S. The van der Waals surface area contributed by atoms with Crippen molar-refractivity contribution >= 4 is 39.5 Å². The number of Topliss-reactive ketones (excluding diaryl/α,β-unsaturated/α-hetero) is 2. The van der Waals surface area contributed by atoms with Crippen LogP contribution in [0.1, 0.15) is 44.0 Å². The molecule has 202 valence electrons. The van der Waals surface area contributed by atoms with Gasteiger partial charge in [-0.05, 0) is 89.9 Å². The molecule has 5 aromatic rings. The molecule has 6 nitrogen and oxygen atoms in total. The Labute approximate surface area is 237 Å². The molecule has 1 aliphatic rings. The summed E-state index contributed by atoms with van der Waals surface area (Å²) >= 11 is 1.47. The van der Waals surface area contributed by atoms with Crippen molar-refractivity contribution in [2.45, 2.75) is 25.7 Å². The standard InChI is InChI=1S/C33H31N3O3S/c37-22-25-3-1-15-35(21-25)28-12-8-26(9-13-28)31(38)19-24-7-14-30-27(17-24)20-34-36(30)29-10-5-23(6-11-29)18-32(39)33-4-2-16-40-33/h2,4-14,16-17,20,25,37H,1,3,15,18-19,21-22H2. The monoisotopic (exact) mass is 549 g/mol. The SMILES string of the molecule is O=C(Cc1ccc2c(cnn2-c2ccc(CC(=O)c3cccs3)cc2)c1)c1ccc(N2CCCC(CO)C2)cc1. The van der Waals surface area contributed by atoms with E-state index in [0.717, 1.165) is 64.2 Å².